The lowest BCUT2D eigenvalue weighted by Crippen LogP contribution is -2.39. The Morgan fingerprint density at radius 1 is 1.19 bits per heavy atom. The molecular weight excluding hydrogens is 506 g/mol. The largest absolute Gasteiger partial charge is 0.409 e. The van der Waals surface area contributed by atoms with E-state index in [1.54, 1.807) is 17.4 Å². The first-order valence-electron chi connectivity index (χ1n) is 10.4. The van der Waals surface area contributed by atoms with Crippen molar-refractivity contribution in [2.75, 3.05) is 11.9 Å². The number of anilines is 1. The average molecular weight is 524 g/mol. The minimum atomic E-state index is -4.66. The first-order chi connectivity index (χ1) is 17.4. The molecule has 0 aliphatic rings. The number of aromatic nitrogens is 3. The SMILES string of the molecule is N#CCC(N/C=C(\C=N)c1cnn2c(-c3cccc(NC(=O)NCC(F)(F)F)c3)cnc2c1)C(F)(F)F. The molecule has 2 amide bonds. The molecule has 0 saturated heterocycles. The van der Waals surface area contributed by atoms with Crippen LogP contribution in [-0.2, 0) is 0 Å². The van der Waals surface area contributed by atoms with Crippen LogP contribution in [0.2, 0.25) is 0 Å². The van der Waals surface area contributed by atoms with E-state index in [9.17, 15) is 31.1 Å². The molecular formula is C22H18F6N8O. The molecule has 0 radical (unpaired) electrons. The van der Waals surface area contributed by atoms with Gasteiger partial charge >= 0.3 is 18.4 Å². The summed E-state index contributed by atoms with van der Waals surface area (Å²) in [5.41, 5.74) is 1.79. The second-order valence-electron chi connectivity index (χ2n) is 7.53. The number of hydrogen-bond acceptors (Lipinski definition) is 6. The smallest absolute Gasteiger partial charge is 0.379 e. The van der Waals surface area contributed by atoms with Gasteiger partial charge in [-0.2, -0.15) is 36.7 Å². The quantitative estimate of drug-likeness (QED) is 0.255. The second-order valence-corrected chi connectivity index (χ2v) is 7.53. The summed E-state index contributed by atoms with van der Waals surface area (Å²) >= 11 is 0. The highest BCUT2D eigenvalue weighted by molar-refractivity contribution is 6.08. The van der Waals surface area contributed by atoms with Crippen molar-refractivity contribution in [3.63, 3.8) is 0 Å². The third-order valence-corrected chi connectivity index (χ3v) is 4.85. The van der Waals surface area contributed by atoms with E-state index in [2.05, 4.69) is 20.7 Å². The van der Waals surface area contributed by atoms with Gasteiger partial charge < -0.3 is 21.4 Å². The number of halogens is 6. The predicted molar refractivity (Wildman–Crippen MR) is 121 cm³/mol. The van der Waals surface area contributed by atoms with Crippen molar-refractivity contribution >= 4 is 29.2 Å². The summed E-state index contributed by atoms with van der Waals surface area (Å²) in [6.45, 7) is -1.49. The number of fused-ring (bicyclic) bond motifs is 1. The highest BCUT2D eigenvalue weighted by Gasteiger charge is 2.38. The molecule has 194 valence electrons. The summed E-state index contributed by atoms with van der Waals surface area (Å²) in [4.78, 5) is 15.9. The number of urea groups is 1. The van der Waals surface area contributed by atoms with E-state index >= 15 is 0 Å². The molecule has 0 saturated carbocycles. The number of imidazole rings is 1. The van der Waals surface area contributed by atoms with Crippen LogP contribution in [0.15, 0.2) is 48.9 Å². The first kappa shape index (κ1) is 27.0. The van der Waals surface area contributed by atoms with Crippen LogP contribution in [0.5, 0.6) is 0 Å². The zero-order valence-electron chi connectivity index (χ0n) is 18.7. The van der Waals surface area contributed by atoms with Crippen molar-refractivity contribution in [2.45, 2.75) is 24.8 Å². The molecule has 3 rings (SSSR count). The lowest BCUT2D eigenvalue weighted by molar-refractivity contribution is -0.152. The van der Waals surface area contributed by atoms with Gasteiger partial charge in [0.25, 0.3) is 0 Å². The molecule has 1 unspecified atom stereocenters. The molecule has 2 aromatic heterocycles. The van der Waals surface area contributed by atoms with Crippen molar-refractivity contribution in [3.05, 3.63) is 54.5 Å². The number of benzene rings is 1. The predicted octanol–water partition coefficient (Wildman–Crippen LogP) is 4.50. The Bertz CT molecular complexity index is 1360. The van der Waals surface area contributed by atoms with Gasteiger partial charge in [-0.25, -0.2) is 14.3 Å². The summed E-state index contributed by atoms with van der Waals surface area (Å²) in [6.07, 6.45) is -5.50. The Balaban J connectivity index is 1.82. The molecule has 0 bridgehead atoms. The third-order valence-electron chi connectivity index (χ3n) is 4.85. The zero-order valence-corrected chi connectivity index (χ0v) is 18.7. The maximum atomic E-state index is 13.0. The Morgan fingerprint density at radius 3 is 2.59 bits per heavy atom. The summed E-state index contributed by atoms with van der Waals surface area (Å²) in [5.74, 6) is 0. The number of alkyl halides is 6. The van der Waals surface area contributed by atoms with Gasteiger partial charge in [0.05, 0.1) is 30.6 Å². The van der Waals surface area contributed by atoms with E-state index in [4.69, 9.17) is 10.7 Å². The van der Waals surface area contributed by atoms with Crippen LogP contribution in [0.4, 0.5) is 36.8 Å². The number of carbonyl (C=O) groups is 1. The van der Waals surface area contributed by atoms with Gasteiger partial charge in [0, 0.05) is 34.8 Å². The van der Waals surface area contributed by atoms with Crippen LogP contribution in [0.25, 0.3) is 22.5 Å². The summed E-state index contributed by atoms with van der Waals surface area (Å²) < 4.78 is 77.3. The summed E-state index contributed by atoms with van der Waals surface area (Å²) in [5, 5.41) is 26.5. The minimum absolute atomic E-state index is 0.0582. The van der Waals surface area contributed by atoms with Crippen molar-refractivity contribution in [1.29, 1.82) is 10.7 Å². The fraction of sp³-hybridized carbons (Fsp3) is 0.227. The highest BCUT2D eigenvalue weighted by atomic mass is 19.4. The average Bonchev–Trinajstić information content (AvgIpc) is 3.25. The van der Waals surface area contributed by atoms with E-state index < -0.39 is 37.4 Å². The minimum Gasteiger partial charge on any atom is -0.379 e. The number of hydrogen-bond donors (Lipinski definition) is 4. The molecule has 0 aliphatic carbocycles. The fourth-order valence-electron chi connectivity index (χ4n) is 3.10. The standard InChI is InChI=1S/C22H18F6N8O/c23-21(24,25)12-33-20(37)35-16-3-1-2-13(6-16)17-11-32-19-7-14(10-34-36(17)19)15(8-30)9-31-18(4-5-29)22(26,27)28/h1-3,6-11,18,30-31H,4,12H2,(H2,33,35,37)/b15-9+,30-8?. The van der Waals surface area contributed by atoms with E-state index in [0.29, 0.717) is 11.3 Å². The first-order valence-corrected chi connectivity index (χ1v) is 10.4. The van der Waals surface area contributed by atoms with Crippen molar-refractivity contribution in [2.24, 2.45) is 0 Å². The van der Waals surface area contributed by atoms with E-state index in [1.807, 2.05) is 0 Å². The van der Waals surface area contributed by atoms with E-state index in [1.165, 1.54) is 41.2 Å². The zero-order chi connectivity index (χ0) is 27.2. The maximum Gasteiger partial charge on any atom is 0.409 e. The van der Waals surface area contributed by atoms with Gasteiger partial charge in [-0.1, -0.05) is 12.1 Å². The normalized spacial score (nSPS) is 13.1. The van der Waals surface area contributed by atoms with Gasteiger partial charge in [0.1, 0.15) is 12.6 Å². The van der Waals surface area contributed by atoms with Crippen molar-refractivity contribution in [3.8, 4) is 17.3 Å². The molecule has 1 aromatic carbocycles. The van der Waals surface area contributed by atoms with Gasteiger partial charge in [-0.05, 0) is 18.2 Å². The molecule has 0 aliphatic heterocycles. The third kappa shape index (κ3) is 7.19. The van der Waals surface area contributed by atoms with Crippen LogP contribution in [0.3, 0.4) is 0 Å². The lowest BCUT2D eigenvalue weighted by Gasteiger charge is -2.18. The molecule has 2 heterocycles. The number of nitrogens with zero attached hydrogens (tertiary/aromatic N) is 4. The summed E-state index contributed by atoms with van der Waals surface area (Å²) in [7, 11) is 0. The molecule has 15 heteroatoms. The van der Waals surface area contributed by atoms with Gasteiger partial charge in [-0.15, -0.1) is 0 Å². The number of nitrogens with one attached hydrogen (secondary N) is 4. The maximum absolute atomic E-state index is 13.0. The molecule has 9 nitrogen and oxygen atoms in total. The van der Waals surface area contributed by atoms with Gasteiger partial charge in [0.15, 0.2) is 5.65 Å². The Labute approximate surface area is 205 Å². The lowest BCUT2D eigenvalue weighted by atomic mass is 10.1. The molecule has 0 spiro atoms. The number of carbonyl (C=O) groups excluding carboxylic acids is 1. The molecule has 4 N–H and O–H groups in total. The molecule has 0 fully saturated rings. The van der Waals surface area contributed by atoms with Crippen molar-refractivity contribution in [1.82, 2.24) is 25.2 Å². The van der Waals surface area contributed by atoms with Crippen molar-refractivity contribution < 1.29 is 31.1 Å². The molecule has 1 atom stereocenters. The number of nitriles is 1. The Kier molecular flexibility index (Phi) is 8.01. The number of rotatable bonds is 8. The number of allylic oxidation sites excluding steroid dienone is 1. The van der Waals surface area contributed by atoms with E-state index in [0.717, 1.165) is 12.4 Å². The molecule has 37 heavy (non-hydrogen) atoms. The van der Waals surface area contributed by atoms with Gasteiger partial charge in [-0.3, -0.25) is 0 Å². The summed E-state index contributed by atoms with van der Waals surface area (Å²) in [6, 6.07) is 5.95. The topological polar surface area (TPSA) is 131 Å². The van der Waals surface area contributed by atoms with E-state index in [-0.39, 0.29) is 22.5 Å². The monoisotopic (exact) mass is 524 g/mol. The van der Waals surface area contributed by atoms with Gasteiger partial charge in [0.2, 0.25) is 0 Å². The van der Waals surface area contributed by atoms with Crippen LogP contribution < -0.4 is 16.0 Å². The van der Waals surface area contributed by atoms with Crippen LogP contribution in [0, 0.1) is 16.7 Å². The van der Waals surface area contributed by atoms with Crippen LogP contribution in [-0.4, -0.2) is 51.8 Å². The highest BCUT2D eigenvalue weighted by Crippen LogP contribution is 2.25. The van der Waals surface area contributed by atoms with Crippen LogP contribution in [0.1, 0.15) is 12.0 Å². The Hall–Kier alpha value is -4.61. The molecule has 3 aromatic rings. The van der Waals surface area contributed by atoms with Crippen LogP contribution >= 0.6 is 0 Å². The number of amides is 2. The Morgan fingerprint density at radius 2 is 1.95 bits per heavy atom. The fourth-order valence-corrected chi connectivity index (χ4v) is 3.10. The second kappa shape index (κ2) is 11.0.